The van der Waals surface area contributed by atoms with Crippen LogP contribution < -0.4 is 0 Å². The van der Waals surface area contributed by atoms with Crippen molar-refractivity contribution in [3.05, 3.63) is 0 Å². The molecular weight excluding hydrogens is 146 g/mol. The van der Waals surface area contributed by atoms with Crippen LogP contribution in [-0.2, 0) is 4.79 Å². The molecule has 0 fully saturated rings. The van der Waals surface area contributed by atoms with Crippen molar-refractivity contribution in [1.82, 2.24) is 0 Å². The first-order valence-electron chi connectivity index (χ1n) is 4.34. The normalized spacial score (nSPS) is 19.9. The van der Waals surface area contributed by atoms with E-state index < -0.39 is 18.5 Å². The molecular formula is C7H16NO3+. The fourth-order valence-electron chi connectivity index (χ4n) is 0.752. The summed E-state index contributed by atoms with van der Waals surface area (Å²) < 4.78 is 14.3. The van der Waals surface area contributed by atoms with Crippen molar-refractivity contribution in [1.29, 1.82) is 1.43 Å². The maximum Gasteiger partial charge on any atom is 0.306 e. The third-order valence-electron chi connectivity index (χ3n) is 1.06. The number of carboxylic acids is 1. The lowest BCUT2D eigenvalue weighted by atomic mass is 10.2. The van der Waals surface area contributed by atoms with Crippen LogP contribution in [-0.4, -0.2) is 55.9 Å². The quantitative estimate of drug-likeness (QED) is 0.540. The molecule has 11 heavy (non-hydrogen) atoms. The van der Waals surface area contributed by atoms with E-state index in [4.69, 9.17) is 7.91 Å². The number of likely N-dealkylation sites (N-methyl/N-ethyl adjacent to an activating group) is 1. The van der Waals surface area contributed by atoms with Gasteiger partial charge in [-0.2, -0.15) is 0 Å². The molecule has 0 saturated carbocycles. The van der Waals surface area contributed by atoms with Gasteiger partial charge in [-0.05, 0) is 0 Å². The summed E-state index contributed by atoms with van der Waals surface area (Å²) in [4.78, 5) is 10.4. The Morgan fingerprint density at radius 3 is 2.55 bits per heavy atom. The number of hydrogen-bond acceptors (Lipinski definition) is 2. The molecule has 2 N–H and O–H groups in total. The molecule has 0 aliphatic rings. The topological polar surface area (TPSA) is 57.5 Å². The monoisotopic (exact) mass is 164 g/mol. The Kier molecular flexibility index (Phi) is 2.37. The minimum Gasteiger partial charge on any atom is -0.481 e. The van der Waals surface area contributed by atoms with E-state index in [2.05, 4.69) is 5.11 Å². The zero-order chi connectivity index (χ0) is 10.6. The van der Waals surface area contributed by atoms with Crippen LogP contribution in [0.1, 0.15) is 7.77 Å². The molecule has 4 nitrogen and oxygen atoms in total. The van der Waals surface area contributed by atoms with Crippen LogP contribution in [0.25, 0.3) is 0 Å². The summed E-state index contributed by atoms with van der Waals surface area (Å²) in [7, 11) is 5.54. The smallest absolute Gasteiger partial charge is 0.306 e. The molecule has 0 spiro atoms. The molecule has 0 rings (SSSR count). The minimum atomic E-state index is -1.39. The second kappa shape index (κ2) is 3.69. The van der Waals surface area contributed by atoms with Gasteiger partial charge in [0.25, 0.3) is 0 Å². The first kappa shape index (κ1) is 7.06. The van der Waals surface area contributed by atoms with Gasteiger partial charge in [0.1, 0.15) is 12.6 Å². The van der Waals surface area contributed by atoms with Crippen LogP contribution in [0.4, 0.5) is 0 Å². The summed E-state index contributed by atoms with van der Waals surface area (Å²) >= 11 is 0. The number of quaternary nitrogens is 1. The fourth-order valence-corrected chi connectivity index (χ4v) is 0.752. The first-order valence-corrected chi connectivity index (χ1v) is 3.35. The van der Waals surface area contributed by atoms with Crippen molar-refractivity contribution in [2.24, 2.45) is 0 Å². The van der Waals surface area contributed by atoms with Crippen LogP contribution >= 0.6 is 0 Å². The predicted octanol–water partition coefficient (Wildman–Crippen LogP) is -0.472. The van der Waals surface area contributed by atoms with Gasteiger partial charge >= 0.3 is 5.97 Å². The minimum absolute atomic E-state index is 0.323. The maximum absolute atomic E-state index is 10.4. The number of carboxylic acid groups (broad SMARTS) is 1. The first-order chi connectivity index (χ1) is 5.78. The van der Waals surface area contributed by atoms with E-state index >= 15 is 0 Å². The van der Waals surface area contributed by atoms with Crippen LogP contribution in [0.2, 0.25) is 0 Å². The van der Waals surface area contributed by atoms with Gasteiger partial charge in [0.05, 0.1) is 27.5 Å². The summed E-state index contributed by atoms with van der Waals surface area (Å²) in [6, 6.07) is 0. The van der Waals surface area contributed by atoms with Gasteiger partial charge < -0.3 is 14.7 Å². The number of carbonyl (C=O) groups is 1. The number of rotatable bonds is 5. The summed E-state index contributed by atoms with van der Waals surface area (Å²) in [6.45, 7) is 0.323. The number of aliphatic hydroxyl groups excluding tert-OH is 1. The highest BCUT2D eigenvalue weighted by atomic mass is 16.4. The summed E-state index contributed by atoms with van der Waals surface area (Å²) in [5.74, 6) is -1.26. The van der Waals surface area contributed by atoms with Crippen molar-refractivity contribution in [2.75, 3.05) is 27.7 Å². The van der Waals surface area contributed by atoms with Crippen LogP contribution in [0.5, 0.6) is 0 Å². The lowest BCUT2D eigenvalue weighted by Gasteiger charge is -2.25. The van der Waals surface area contributed by atoms with Gasteiger partial charge in [0.2, 0.25) is 1.43 Å². The third kappa shape index (κ3) is 7.29. The standard InChI is InChI=1S/C7H15NO3/c1-8(2,3)5-6(9)4-7(10)11/h6,9H,4-5H2,1-3H3/p+1/t6-/m1/s1/i4D,9D/t4-,6-. The second-order valence-electron chi connectivity index (χ2n) is 3.52. The number of aliphatic carboxylic acids is 1. The highest BCUT2D eigenvalue weighted by Gasteiger charge is 2.17. The van der Waals surface area contributed by atoms with Gasteiger partial charge in [0.15, 0.2) is 0 Å². The molecule has 0 unspecified atom stereocenters. The molecule has 0 aromatic heterocycles. The lowest BCUT2D eigenvalue weighted by molar-refractivity contribution is -0.873. The molecule has 0 aromatic rings. The van der Waals surface area contributed by atoms with Crippen LogP contribution in [0, 0.1) is 0 Å². The molecule has 4 heteroatoms. The van der Waals surface area contributed by atoms with Gasteiger partial charge in [-0.1, -0.05) is 0 Å². The Labute approximate surface area is 69.5 Å². The van der Waals surface area contributed by atoms with E-state index in [1.54, 1.807) is 0 Å². The summed E-state index contributed by atoms with van der Waals surface area (Å²) in [5.41, 5.74) is 0. The summed E-state index contributed by atoms with van der Waals surface area (Å²) in [6.07, 6.45) is -2.28. The molecule has 0 bridgehead atoms. The Morgan fingerprint density at radius 2 is 2.27 bits per heavy atom. The number of nitrogens with zero attached hydrogens (tertiary/aromatic N) is 1. The zero-order valence-electron chi connectivity index (χ0n) is 9.07. The van der Waals surface area contributed by atoms with Crippen LogP contribution in [0.15, 0.2) is 0 Å². The number of hydrogen-bond donors (Lipinski definition) is 2. The molecule has 66 valence electrons. The predicted molar refractivity (Wildman–Crippen MR) is 41.2 cm³/mol. The van der Waals surface area contributed by atoms with Gasteiger partial charge in [0, 0.05) is 1.37 Å². The van der Waals surface area contributed by atoms with E-state index in [1.165, 1.54) is 0 Å². The molecule has 0 aliphatic heterocycles. The van der Waals surface area contributed by atoms with E-state index in [9.17, 15) is 4.79 Å². The molecule has 0 saturated heterocycles. The van der Waals surface area contributed by atoms with E-state index in [0.29, 0.717) is 11.0 Å². The fraction of sp³-hybridized carbons (Fsp3) is 0.857. The van der Waals surface area contributed by atoms with Crippen LogP contribution in [0.3, 0.4) is 0 Å². The maximum atomic E-state index is 10.4. The zero-order valence-corrected chi connectivity index (χ0v) is 7.07. The van der Waals surface area contributed by atoms with Gasteiger partial charge in [-0.3, -0.25) is 4.79 Å². The molecule has 0 radical (unpaired) electrons. The Balaban J connectivity index is 4.26. The second-order valence-corrected chi connectivity index (χ2v) is 3.52. The third-order valence-corrected chi connectivity index (χ3v) is 1.06. The Bertz CT molecular complexity index is 181. The van der Waals surface area contributed by atoms with Crippen molar-refractivity contribution in [3.63, 3.8) is 0 Å². The average molecular weight is 164 g/mol. The Hall–Kier alpha value is -0.610. The molecule has 0 aliphatic carbocycles. The highest BCUT2D eigenvalue weighted by molar-refractivity contribution is 5.67. The molecule has 0 heterocycles. The van der Waals surface area contributed by atoms with Crippen molar-refractivity contribution < 1.29 is 20.9 Å². The van der Waals surface area contributed by atoms with E-state index in [1.807, 2.05) is 21.1 Å². The Morgan fingerprint density at radius 1 is 1.73 bits per heavy atom. The molecule has 2 atom stereocenters. The molecule has 0 amide bonds. The van der Waals surface area contributed by atoms with Crippen molar-refractivity contribution >= 4 is 5.97 Å². The van der Waals surface area contributed by atoms with Gasteiger partial charge in [-0.25, -0.2) is 0 Å². The van der Waals surface area contributed by atoms with Crippen molar-refractivity contribution in [2.45, 2.75) is 12.5 Å². The van der Waals surface area contributed by atoms with E-state index in [0.717, 1.165) is 0 Å². The number of aliphatic hydroxyl groups is 1. The van der Waals surface area contributed by atoms with Crippen molar-refractivity contribution in [3.8, 4) is 0 Å². The largest absolute Gasteiger partial charge is 0.481 e. The summed E-state index contributed by atoms with van der Waals surface area (Å²) in [5, 5.41) is 12.7. The lowest BCUT2D eigenvalue weighted by Crippen LogP contribution is -2.42. The van der Waals surface area contributed by atoms with E-state index in [-0.39, 0.29) is 0 Å². The van der Waals surface area contributed by atoms with Gasteiger partial charge in [-0.15, -0.1) is 0 Å². The molecule has 0 aromatic carbocycles. The average Bonchev–Trinajstić information content (AvgIpc) is 1.97. The highest BCUT2D eigenvalue weighted by Crippen LogP contribution is 1.98. The SMILES string of the molecule is [2H]O[C@@H](C[N+](C)(C)C)[C@@H]([2H])C(=O)O.